The minimum Gasteiger partial charge on any atom is -0.444 e. The number of hydrogen-bond donors (Lipinski definition) is 1. The van der Waals surface area contributed by atoms with Crippen molar-refractivity contribution in [2.75, 3.05) is 0 Å². The van der Waals surface area contributed by atoms with E-state index in [9.17, 15) is 4.79 Å². The summed E-state index contributed by atoms with van der Waals surface area (Å²) >= 11 is 3.13. The molecule has 0 aliphatic rings. The summed E-state index contributed by atoms with van der Waals surface area (Å²) in [5.41, 5.74) is 0.744. The van der Waals surface area contributed by atoms with Gasteiger partial charge in [-0.25, -0.2) is 9.97 Å². The maximum absolute atomic E-state index is 11.6. The summed E-state index contributed by atoms with van der Waals surface area (Å²) in [6.45, 7) is 0.347. The van der Waals surface area contributed by atoms with Crippen molar-refractivity contribution in [3.63, 3.8) is 0 Å². The van der Waals surface area contributed by atoms with E-state index < -0.39 is 0 Å². The van der Waals surface area contributed by atoms with Crippen LogP contribution in [-0.2, 0) is 6.54 Å². The third kappa shape index (κ3) is 2.66. The molecule has 1 N–H and O–H groups in total. The predicted molar refractivity (Wildman–Crippen MR) is 59.6 cm³/mol. The lowest BCUT2D eigenvalue weighted by molar-refractivity contribution is 0.0921. The van der Waals surface area contributed by atoms with Crippen LogP contribution < -0.4 is 5.32 Å². The summed E-state index contributed by atoms with van der Waals surface area (Å²) in [5, 5.41) is 2.68. The summed E-state index contributed by atoms with van der Waals surface area (Å²) in [7, 11) is 0. The zero-order chi connectivity index (χ0) is 11.4. The topological polar surface area (TPSA) is 68.0 Å². The van der Waals surface area contributed by atoms with Crippen LogP contribution >= 0.6 is 15.9 Å². The lowest BCUT2D eigenvalue weighted by Crippen LogP contribution is -2.22. The normalized spacial score (nSPS) is 10.1. The van der Waals surface area contributed by atoms with E-state index in [1.165, 1.54) is 6.33 Å². The Labute approximate surface area is 100 Å². The Morgan fingerprint density at radius 1 is 1.44 bits per heavy atom. The molecule has 0 aromatic carbocycles. The SMILES string of the molecule is O=C(NCc1ccncn1)c1ccc(Br)o1. The molecule has 0 spiro atoms. The Kier molecular flexibility index (Phi) is 3.31. The van der Waals surface area contributed by atoms with Crippen LogP contribution in [0.2, 0.25) is 0 Å². The van der Waals surface area contributed by atoms with Gasteiger partial charge in [-0.15, -0.1) is 0 Å². The van der Waals surface area contributed by atoms with Crippen molar-refractivity contribution in [1.82, 2.24) is 15.3 Å². The molecule has 0 unspecified atom stereocenters. The molecular formula is C10H8BrN3O2. The molecule has 2 rings (SSSR count). The number of hydrogen-bond acceptors (Lipinski definition) is 4. The van der Waals surface area contributed by atoms with Gasteiger partial charge in [0.05, 0.1) is 12.2 Å². The Hall–Kier alpha value is -1.69. The van der Waals surface area contributed by atoms with E-state index in [0.717, 1.165) is 5.69 Å². The molecule has 0 atom stereocenters. The summed E-state index contributed by atoms with van der Waals surface area (Å²) < 4.78 is 5.63. The summed E-state index contributed by atoms with van der Waals surface area (Å²) in [5.74, 6) is -0.00903. The second kappa shape index (κ2) is 4.89. The highest BCUT2D eigenvalue weighted by Gasteiger charge is 2.09. The van der Waals surface area contributed by atoms with Crippen molar-refractivity contribution < 1.29 is 9.21 Å². The van der Waals surface area contributed by atoms with Crippen LogP contribution in [0.4, 0.5) is 0 Å². The fourth-order valence-corrected chi connectivity index (χ4v) is 1.42. The van der Waals surface area contributed by atoms with Crippen LogP contribution in [0, 0.1) is 0 Å². The molecule has 0 fully saturated rings. The number of rotatable bonds is 3. The number of furan rings is 1. The minimum atomic E-state index is -0.274. The van der Waals surface area contributed by atoms with Gasteiger partial charge in [-0.05, 0) is 34.1 Å². The van der Waals surface area contributed by atoms with E-state index in [1.54, 1.807) is 24.4 Å². The molecule has 82 valence electrons. The Morgan fingerprint density at radius 3 is 2.94 bits per heavy atom. The second-order valence-electron chi connectivity index (χ2n) is 2.99. The lowest BCUT2D eigenvalue weighted by atomic mass is 10.3. The molecule has 2 aromatic rings. The molecule has 0 bridgehead atoms. The molecule has 0 radical (unpaired) electrons. The largest absolute Gasteiger partial charge is 0.444 e. The molecule has 16 heavy (non-hydrogen) atoms. The molecule has 2 aromatic heterocycles. The molecule has 5 nitrogen and oxygen atoms in total. The summed E-state index contributed by atoms with van der Waals surface area (Å²) in [6, 6.07) is 5.00. The van der Waals surface area contributed by atoms with Crippen molar-refractivity contribution in [3.8, 4) is 0 Å². The first kappa shape index (κ1) is 10.8. The highest BCUT2D eigenvalue weighted by Crippen LogP contribution is 2.13. The second-order valence-corrected chi connectivity index (χ2v) is 3.77. The van der Waals surface area contributed by atoms with Gasteiger partial charge >= 0.3 is 0 Å². The van der Waals surface area contributed by atoms with Crippen molar-refractivity contribution in [3.05, 3.63) is 46.8 Å². The first-order chi connectivity index (χ1) is 7.75. The molecule has 2 heterocycles. The van der Waals surface area contributed by atoms with Crippen molar-refractivity contribution in [1.29, 1.82) is 0 Å². The van der Waals surface area contributed by atoms with Gasteiger partial charge in [0.1, 0.15) is 6.33 Å². The first-order valence-electron chi connectivity index (χ1n) is 4.54. The van der Waals surface area contributed by atoms with Crippen LogP contribution in [0.5, 0.6) is 0 Å². The fourth-order valence-electron chi connectivity index (χ4n) is 1.12. The van der Waals surface area contributed by atoms with E-state index >= 15 is 0 Å². The van der Waals surface area contributed by atoms with Crippen molar-refractivity contribution >= 4 is 21.8 Å². The van der Waals surface area contributed by atoms with Crippen LogP contribution in [-0.4, -0.2) is 15.9 Å². The van der Waals surface area contributed by atoms with Gasteiger partial charge in [0.25, 0.3) is 5.91 Å². The highest BCUT2D eigenvalue weighted by molar-refractivity contribution is 9.10. The van der Waals surface area contributed by atoms with E-state index in [0.29, 0.717) is 11.2 Å². The standard InChI is InChI=1S/C10H8BrN3O2/c11-9-2-1-8(16-9)10(15)13-5-7-3-4-12-6-14-7/h1-4,6H,5H2,(H,13,15). The number of carbonyl (C=O) groups is 1. The smallest absolute Gasteiger partial charge is 0.287 e. The molecule has 0 aliphatic heterocycles. The zero-order valence-electron chi connectivity index (χ0n) is 8.18. The van der Waals surface area contributed by atoms with Crippen LogP contribution in [0.1, 0.15) is 16.2 Å². The van der Waals surface area contributed by atoms with Crippen LogP contribution in [0.3, 0.4) is 0 Å². The molecule has 1 amide bonds. The monoisotopic (exact) mass is 281 g/mol. The highest BCUT2D eigenvalue weighted by atomic mass is 79.9. The van der Waals surface area contributed by atoms with E-state index in [4.69, 9.17) is 4.42 Å². The van der Waals surface area contributed by atoms with Gasteiger partial charge in [-0.3, -0.25) is 4.79 Å². The van der Waals surface area contributed by atoms with Crippen molar-refractivity contribution in [2.45, 2.75) is 6.54 Å². The predicted octanol–water partition coefficient (Wildman–Crippen LogP) is 1.76. The van der Waals surface area contributed by atoms with E-state index in [-0.39, 0.29) is 11.7 Å². The van der Waals surface area contributed by atoms with Crippen molar-refractivity contribution in [2.24, 2.45) is 0 Å². The Bertz CT molecular complexity index is 484. The average Bonchev–Trinajstić information content (AvgIpc) is 2.74. The number of nitrogens with one attached hydrogen (secondary N) is 1. The molecule has 6 heteroatoms. The zero-order valence-corrected chi connectivity index (χ0v) is 9.77. The maximum atomic E-state index is 11.6. The quantitative estimate of drug-likeness (QED) is 0.931. The Balaban J connectivity index is 1.94. The van der Waals surface area contributed by atoms with Gasteiger partial charge in [-0.1, -0.05) is 0 Å². The molecule has 0 aliphatic carbocycles. The minimum absolute atomic E-state index is 0.265. The van der Waals surface area contributed by atoms with E-state index in [2.05, 4.69) is 31.2 Å². The van der Waals surface area contributed by atoms with Gasteiger partial charge in [0, 0.05) is 6.20 Å². The van der Waals surface area contributed by atoms with Crippen LogP contribution in [0.25, 0.3) is 0 Å². The Morgan fingerprint density at radius 2 is 2.31 bits per heavy atom. The molecule has 0 saturated heterocycles. The molecular weight excluding hydrogens is 274 g/mol. The average molecular weight is 282 g/mol. The molecule has 0 saturated carbocycles. The maximum Gasteiger partial charge on any atom is 0.287 e. The van der Waals surface area contributed by atoms with E-state index in [1.807, 2.05) is 0 Å². The number of carbonyl (C=O) groups excluding carboxylic acids is 1. The van der Waals surface area contributed by atoms with Gasteiger partial charge in [-0.2, -0.15) is 0 Å². The number of amides is 1. The summed E-state index contributed by atoms with van der Waals surface area (Å²) in [4.78, 5) is 19.3. The van der Waals surface area contributed by atoms with Gasteiger partial charge in [0.2, 0.25) is 0 Å². The van der Waals surface area contributed by atoms with Crippen LogP contribution in [0.15, 0.2) is 39.8 Å². The van der Waals surface area contributed by atoms with Gasteiger partial charge < -0.3 is 9.73 Å². The fraction of sp³-hybridized carbons (Fsp3) is 0.100. The lowest BCUT2D eigenvalue weighted by Gasteiger charge is -2.01. The third-order valence-electron chi connectivity index (χ3n) is 1.87. The number of aromatic nitrogens is 2. The number of halogens is 1. The third-order valence-corrected chi connectivity index (χ3v) is 2.30. The number of nitrogens with zero attached hydrogens (tertiary/aromatic N) is 2. The first-order valence-corrected chi connectivity index (χ1v) is 5.33. The summed E-state index contributed by atoms with van der Waals surface area (Å²) in [6.07, 6.45) is 3.06. The van der Waals surface area contributed by atoms with Gasteiger partial charge in [0.15, 0.2) is 10.4 Å².